The van der Waals surface area contributed by atoms with E-state index in [2.05, 4.69) is 5.10 Å². The summed E-state index contributed by atoms with van der Waals surface area (Å²) >= 11 is 3.21. The number of likely N-dealkylation sites (tertiary alicyclic amines) is 1. The highest BCUT2D eigenvalue weighted by Gasteiger charge is 2.26. The summed E-state index contributed by atoms with van der Waals surface area (Å²) in [4.78, 5) is 27.9. The average Bonchev–Trinajstić information content (AvgIpc) is 3.36. The van der Waals surface area contributed by atoms with Gasteiger partial charge in [-0.15, -0.1) is 11.3 Å². The maximum Gasteiger partial charge on any atom is 0.267 e. The van der Waals surface area contributed by atoms with Crippen molar-refractivity contribution in [2.75, 3.05) is 13.1 Å². The highest BCUT2D eigenvalue weighted by molar-refractivity contribution is 7.13. The fourth-order valence-corrected chi connectivity index (χ4v) is 4.66. The van der Waals surface area contributed by atoms with Crippen molar-refractivity contribution in [2.24, 2.45) is 0 Å². The van der Waals surface area contributed by atoms with Crippen LogP contribution in [0.5, 0.6) is 0 Å². The van der Waals surface area contributed by atoms with Crippen LogP contribution in [-0.4, -0.2) is 33.7 Å². The number of thiophene rings is 2. The van der Waals surface area contributed by atoms with E-state index in [-0.39, 0.29) is 17.5 Å². The quantitative estimate of drug-likeness (QED) is 0.691. The van der Waals surface area contributed by atoms with E-state index in [1.54, 1.807) is 39.5 Å². The van der Waals surface area contributed by atoms with Gasteiger partial charge in [-0.05, 0) is 52.7 Å². The molecule has 1 aliphatic heterocycles. The van der Waals surface area contributed by atoms with Gasteiger partial charge in [0.2, 0.25) is 5.91 Å². The number of hydrogen-bond donors (Lipinski definition) is 0. The molecule has 134 valence electrons. The van der Waals surface area contributed by atoms with Gasteiger partial charge in [0.1, 0.15) is 5.69 Å². The first-order valence-corrected chi connectivity index (χ1v) is 10.5. The number of aromatic nitrogens is 2. The molecule has 0 aliphatic carbocycles. The predicted molar refractivity (Wildman–Crippen MR) is 105 cm³/mol. The van der Waals surface area contributed by atoms with E-state index in [9.17, 15) is 9.59 Å². The lowest BCUT2D eigenvalue weighted by Crippen LogP contribution is -2.44. The minimum atomic E-state index is -0.109. The summed E-state index contributed by atoms with van der Waals surface area (Å²) in [6.07, 6.45) is 2.17. The highest BCUT2D eigenvalue weighted by atomic mass is 32.1. The van der Waals surface area contributed by atoms with Crippen LogP contribution in [-0.2, 0) is 11.2 Å². The minimum Gasteiger partial charge on any atom is -0.340 e. The first-order chi connectivity index (χ1) is 12.7. The van der Waals surface area contributed by atoms with Crippen molar-refractivity contribution in [3.8, 4) is 10.6 Å². The molecule has 4 heterocycles. The highest BCUT2D eigenvalue weighted by Crippen LogP contribution is 2.24. The Kier molecular flexibility index (Phi) is 4.99. The molecule has 1 aliphatic rings. The molecule has 5 nitrogen and oxygen atoms in total. The standard InChI is InChI=1S/C19H19N3O2S2/c23-18-6-5-16(17-4-2-9-26-17)20-22(18)15-3-1-8-21(12-15)19(24)11-14-7-10-25-13-14/h2,4-7,9-10,13,15H,1,3,8,11-12H2/t15-/m0/s1. The second-order valence-corrected chi connectivity index (χ2v) is 8.15. The van der Waals surface area contributed by atoms with Crippen molar-refractivity contribution >= 4 is 28.6 Å². The number of hydrogen-bond acceptors (Lipinski definition) is 5. The Morgan fingerprint density at radius 3 is 2.92 bits per heavy atom. The van der Waals surface area contributed by atoms with Crippen molar-refractivity contribution < 1.29 is 4.79 Å². The summed E-state index contributed by atoms with van der Waals surface area (Å²) in [5.74, 6) is 0.121. The van der Waals surface area contributed by atoms with Crippen LogP contribution < -0.4 is 5.56 Å². The normalized spacial score (nSPS) is 17.4. The van der Waals surface area contributed by atoms with Crippen LogP contribution in [0.4, 0.5) is 0 Å². The van der Waals surface area contributed by atoms with Gasteiger partial charge < -0.3 is 4.90 Å². The van der Waals surface area contributed by atoms with Gasteiger partial charge in [-0.2, -0.15) is 16.4 Å². The van der Waals surface area contributed by atoms with Gasteiger partial charge in [-0.25, -0.2) is 4.68 Å². The van der Waals surface area contributed by atoms with Crippen LogP contribution in [0, 0.1) is 0 Å². The van der Waals surface area contributed by atoms with Crippen LogP contribution in [0.1, 0.15) is 24.4 Å². The SMILES string of the molecule is O=C(Cc1ccsc1)N1CCC[C@H](n2nc(-c3cccs3)ccc2=O)C1. The maximum absolute atomic E-state index is 12.6. The Balaban J connectivity index is 1.53. The second-order valence-electron chi connectivity index (χ2n) is 6.42. The topological polar surface area (TPSA) is 55.2 Å². The molecule has 1 saturated heterocycles. The summed E-state index contributed by atoms with van der Waals surface area (Å²) in [5.41, 5.74) is 1.75. The number of amides is 1. The van der Waals surface area contributed by atoms with E-state index in [1.165, 1.54) is 0 Å². The monoisotopic (exact) mass is 385 g/mol. The van der Waals surface area contributed by atoms with Gasteiger partial charge in [-0.3, -0.25) is 9.59 Å². The summed E-state index contributed by atoms with van der Waals surface area (Å²) in [6, 6.07) is 9.24. The molecule has 3 aromatic rings. The first-order valence-electron chi connectivity index (χ1n) is 8.63. The number of carbonyl (C=O) groups is 1. The molecule has 26 heavy (non-hydrogen) atoms. The summed E-state index contributed by atoms with van der Waals surface area (Å²) in [7, 11) is 0. The fraction of sp³-hybridized carbons (Fsp3) is 0.316. The molecule has 0 bridgehead atoms. The van der Waals surface area contributed by atoms with Gasteiger partial charge in [0.25, 0.3) is 5.56 Å². The number of rotatable bonds is 4. The molecule has 0 aromatic carbocycles. The van der Waals surface area contributed by atoms with Gasteiger partial charge in [0, 0.05) is 19.2 Å². The van der Waals surface area contributed by atoms with Crippen molar-refractivity contribution in [1.82, 2.24) is 14.7 Å². The zero-order valence-corrected chi connectivity index (χ0v) is 15.8. The smallest absolute Gasteiger partial charge is 0.267 e. The van der Waals surface area contributed by atoms with E-state index >= 15 is 0 Å². The third-order valence-electron chi connectivity index (χ3n) is 4.63. The summed E-state index contributed by atoms with van der Waals surface area (Å²) in [6.45, 7) is 1.29. The van der Waals surface area contributed by atoms with Gasteiger partial charge in [0.05, 0.1) is 17.3 Å². The Morgan fingerprint density at radius 2 is 2.15 bits per heavy atom. The van der Waals surface area contributed by atoms with Crippen molar-refractivity contribution in [2.45, 2.75) is 25.3 Å². The van der Waals surface area contributed by atoms with Crippen LogP contribution in [0.15, 0.2) is 51.3 Å². The predicted octanol–water partition coefficient (Wildman–Crippen LogP) is 3.44. The van der Waals surface area contributed by atoms with E-state index in [0.29, 0.717) is 13.0 Å². The molecule has 1 atom stereocenters. The van der Waals surface area contributed by atoms with E-state index in [0.717, 1.165) is 35.5 Å². The largest absolute Gasteiger partial charge is 0.340 e. The van der Waals surface area contributed by atoms with Gasteiger partial charge in [-0.1, -0.05) is 6.07 Å². The fourth-order valence-electron chi connectivity index (χ4n) is 3.30. The number of nitrogens with zero attached hydrogens (tertiary/aromatic N) is 3. The lowest BCUT2D eigenvalue weighted by atomic mass is 10.0. The maximum atomic E-state index is 12.6. The summed E-state index contributed by atoms with van der Waals surface area (Å²) < 4.78 is 1.57. The summed E-state index contributed by atoms with van der Waals surface area (Å²) in [5, 5.41) is 10.6. The van der Waals surface area contributed by atoms with Crippen LogP contribution >= 0.6 is 22.7 Å². The van der Waals surface area contributed by atoms with Crippen molar-refractivity contribution in [3.05, 3.63) is 62.4 Å². The Hall–Kier alpha value is -2.25. The molecule has 0 N–H and O–H groups in total. The Bertz CT molecular complexity index is 932. The molecule has 4 rings (SSSR count). The number of carbonyl (C=O) groups excluding carboxylic acids is 1. The molecule has 0 unspecified atom stereocenters. The average molecular weight is 386 g/mol. The molecule has 3 aromatic heterocycles. The molecule has 7 heteroatoms. The minimum absolute atomic E-state index is 0.0670. The first kappa shape index (κ1) is 17.2. The number of piperidine rings is 1. The zero-order chi connectivity index (χ0) is 17.9. The molecular formula is C19H19N3O2S2. The van der Waals surface area contributed by atoms with Crippen LogP contribution in [0.3, 0.4) is 0 Å². The third-order valence-corrected chi connectivity index (χ3v) is 6.25. The van der Waals surface area contributed by atoms with Gasteiger partial charge in [0.15, 0.2) is 0 Å². The second kappa shape index (κ2) is 7.55. The van der Waals surface area contributed by atoms with E-state index in [1.807, 2.05) is 39.2 Å². The third kappa shape index (κ3) is 3.64. The molecular weight excluding hydrogens is 366 g/mol. The van der Waals surface area contributed by atoms with Crippen molar-refractivity contribution in [3.63, 3.8) is 0 Å². The molecule has 1 amide bonds. The van der Waals surface area contributed by atoms with Crippen LogP contribution in [0.25, 0.3) is 10.6 Å². The molecule has 0 saturated carbocycles. The lowest BCUT2D eigenvalue weighted by molar-refractivity contribution is -0.132. The van der Waals surface area contributed by atoms with E-state index in [4.69, 9.17) is 0 Å². The zero-order valence-electron chi connectivity index (χ0n) is 14.2. The molecule has 0 radical (unpaired) electrons. The molecule has 1 fully saturated rings. The molecule has 0 spiro atoms. The lowest BCUT2D eigenvalue weighted by Gasteiger charge is -2.33. The van der Waals surface area contributed by atoms with Crippen molar-refractivity contribution in [1.29, 1.82) is 0 Å². The van der Waals surface area contributed by atoms with Crippen LogP contribution in [0.2, 0.25) is 0 Å². The van der Waals surface area contributed by atoms with Gasteiger partial charge >= 0.3 is 0 Å². The van der Waals surface area contributed by atoms with E-state index < -0.39 is 0 Å². The Morgan fingerprint density at radius 1 is 1.23 bits per heavy atom. The Labute approximate surface area is 159 Å².